The van der Waals surface area contributed by atoms with Crippen molar-refractivity contribution in [2.24, 2.45) is 0 Å². The zero-order valence-corrected chi connectivity index (χ0v) is 12.4. The van der Waals surface area contributed by atoms with Crippen molar-refractivity contribution in [2.45, 2.75) is 71.8 Å². The lowest BCUT2D eigenvalue weighted by atomic mass is 10.0. The van der Waals surface area contributed by atoms with Crippen molar-refractivity contribution in [1.29, 1.82) is 0 Å². The molecule has 0 fully saturated rings. The van der Waals surface area contributed by atoms with E-state index in [9.17, 15) is 13.2 Å². The maximum absolute atomic E-state index is 12.5. The smallest absolute Gasteiger partial charge is 0.310 e. The molecule has 5 heteroatoms. The summed E-state index contributed by atoms with van der Waals surface area (Å²) in [4.78, 5) is 1.48. The molecule has 0 aliphatic heterocycles. The highest BCUT2D eigenvalue weighted by molar-refractivity contribution is 4.81. The minimum Gasteiger partial charge on any atom is -0.310 e. The fourth-order valence-corrected chi connectivity index (χ4v) is 1.72. The normalized spacial score (nSPS) is 15.5. The average Bonchev–Trinajstić information content (AvgIpc) is 2.21. The average molecular weight is 268 g/mol. The van der Waals surface area contributed by atoms with Crippen molar-refractivity contribution in [3.8, 4) is 0 Å². The summed E-state index contributed by atoms with van der Waals surface area (Å²) in [5.74, 6) is 0. The lowest BCUT2D eigenvalue weighted by Gasteiger charge is -2.35. The van der Waals surface area contributed by atoms with E-state index in [-0.39, 0.29) is 17.6 Å². The van der Waals surface area contributed by atoms with E-state index in [1.165, 1.54) is 4.90 Å². The van der Waals surface area contributed by atoms with Crippen LogP contribution in [0.3, 0.4) is 0 Å². The number of alkyl halides is 3. The van der Waals surface area contributed by atoms with E-state index >= 15 is 0 Å². The monoisotopic (exact) mass is 268 g/mol. The number of rotatable bonds is 7. The van der Waals surface area contributed by atoms with Crippen molar-refractivity contribution in [3.63, 3.8) is 0 Å². The van der Waals surface area contributed by atoms with Crippen molar-refractivity contribution in [3.05, 3.63) is 0 Å². The number of halogens is 3. The van der Waals surface area contributed by atoms with Gasteiger partial charge in [0, 0.05) is 24.2 Å². The molecular formula is C13H27F3N2. The number of nitrogens with zero attached hydrogens (tertiary/aromatic N) is 1. The Kier molecular flexibility index (Phi) is 6.65. The predicted octanol–water partition coefficient (Wildman–Crippen LogP) is 3.43. The van der Waals surface area contributed by atoms with Gasteiger partial charge in [0.2, 0.25) is 0 Å². The molecule has 1 atom stereocenters. The van der Waals surface area contributed by atoms with Gasteiger partial charge < -0.3 is 5.32 Å². The predicted molar refractivity (Wildman–Crippen MR) is 69.7 cm³/mol. The lowest BCUT2D eigenvalue weighted by molar-refractivity contribution is -0.154. The zero-order valence-electron chi connectivity index (χ0n) is 12.4. The Morgan fingerprint density at radius 2 is 1.61 bits per heavy atom. The second-order valence-corrected chi connectivity index (χ2v) is 5.85. The van der Waals surface area contributed by atoms with Crippen LogP contribution in [0.15, 0.2) is 0 Å². The summed E-state index contributed by atoms with van der Waals surface area (Å²) in [5, 5.41) is 3.32. The van der Waals surface area contributed by atoms with Gasteiger partial charge in [-0.3, -0.25) is 4.90 Å². The van der Waals surface area contributed by atoms with Crippen LogP contribution < -0.4 is 5.32 Å². The topological polar surface area (TPSA) is 15.3 Å². The van der Waals surface area contributed by atoms with Crippen LogP contribution in [-0.2, 0) is 0 Å². The van der Waals surface area contributed by atoms with Gasteiger partial charge in [0.15, 0.2) is 0 Å². The van der Waals surface area contributed by atoms with Crippen molar-refractivity contribution in [2.75, 3.05) is 13.1 Å². The van der Waals surface area contributed by atoms with Gasteiger partial charge in [0.25, 0.3) is 0 Å². The van der Waals surface area contributed by atoms with Gasteiger partial charge in [-0.05, 0) is 41.0 Å². The molecule has 0 aromatic heterocycles. The fourth-order valence-electron chi connectivity index (χ4n) is 1.72. The van der Waals surface area contributed by atoms with E-state index < -0.39 is 12.7 Å². The summed E-state index contributed by atoms with van der Waals surface area (Å²) in [6, 6.07) is -0.259. The van der Waals surface area contributed by atoms with Crippen LogP contribution in [0.5, 0.6) is 0 Å². The van der Waals surface area contributed by atoms with E-state index in [0.717, 1.165) is 6.42 Å². The van der Waals surface area contributed by atoms with Crippen LogP contribution in [0.25, 0.3) is 0 Å². The molecule has 0 aliphatic rings. The molecule has 18 heavy (non-hydrogen) atoms. The second kappa shape index (κ2) is 6.75. The van der Waals surface area contributed by atoms with E-state index in [0.29, 0.717) is 6.54 Å². The molecule has 0 amide bonds. The molecule has 0 aromatic carbocycles. The summed E-state index contributed by atoms with van der Waals surface area (Å²) in [7, 11) is 0. The molecule has 0 saturated carbocycles. The van der Waals surface area contributed by atoms with Gasteiger partial charge in [-0.15, -0.1) is 0 Å². The van der Waals surface area contributed by atoms with Gasteiger partial charge in [-0.25, -0.2) is 0 Å². The van der Waals surface area contributed by atoms with E-state index in [2.05, 4.69) is 26.1 Å². The van der Waals surface area contributed by atoms with E-state index in [1.807, 2.05) is 6.92 Å². The maximum atomic E-state index is 12.5. The minimum atomic E-state index is -4.14. The van der Waals surface area contributed by atoms with Crippen LogP contribution in [0.2, 0.25) is 0 Å². The molecule has 2 nitrogen and oxygen atoms in total. The minimum absolute atomic E-state index is 0.0326. The number of hydrogen-bond acceptors (Lipinski definition) is 2. The first-order valence-electron chi connectivity index (χ1n) is 6.56. The first-order chi connectivity index (χ1) is 7.98. The zero-order chi connectivity index (χ0) is 14.6. The third-order valence-corrected chi connectivity index (χ3v) is 3.35. The SMILES string of the molecule is CCC(C)(C)NCC(C)N(CC(F)(F)F)C(C)C. The quantitative estimate of drug-likeness (QED) is 0.761. The Morgan fingerprint density at radius 3 is 1.94 bits per heavy atom. The summed E-state index contributed by atoms with van der Waals surface area (Å²) < 4.78 is 37.5. The molecule has 0 saturated heterocycles. The third kappa shape index (κ3) is 7.21. The second-order valence-electron chi connectivity index (χ2n) is 5.85. The Hall–Kier alpha value is -0.290. The van der Waals surface area contributed by atoms with Gasteiger partial charge in [-0.1, -0.05) is 6.92 Å². The molecule has 0 spiro atoms. The molecule has 0 radical (unpaired) electrons. The fraction of sp³-hybridized carbons (Fsp3) is 1.00. The Balaban J connectivity index is 4.45. The third-order valence-electron chi connectivity index (χ3n) is 3.35. The molecule has 0 rings (SSSR count). The highest BCUT2D eigenvalue weighted by atomic mass is 19.4. The molecule has 1 N–H and O–H groups in total. The lowest BCUT2D eigenvalue weighted by Crippen LogP contribution is -2.51. The molecular weight excluding hydrogens is 241 g/mol. The van der Waals surface area contributed by atoms with Crippen LogP contribution >= 0.6 is 0 Å². The van der Waals surface area contributed by atoms with Crippen molar-refractivity contribution in [1.82, 2.24) is 10.2 Å². The molecule has 0 heterocycles. The van der Waals surface area contributed by atoms with Crippen LogP contribution in [0, 0.1) is 0 Å². The first-order valence-corrected chi connectivity index (χ1v) is 6.56. The van der Waals surface area contributed by atoms with E-state index in [1.54, 1.807) is 13.8 Å². The van der Waals surface area contributed by atoms with Gasteiger partial charge in [0.1, 0.15) is 0 Å². The van der Waals surface area contributed by atoms with Crippen LogP contribution in [0.4, 0.5) is 13.2 Å². The first kappa shape index (κ1) is 17.7. The van der Waals surface area contributed by atoms with Crippen LogP contribution in [0.1, 0.15) is 48.0 Å². The highest BCUT2D eigenvalue weighted by Gasteiger charge is 2.34. The highest BCUT2D eigenvalue weighted by Crippen LogP contribution is 2.20. The largest absolute Gasteiger partial charge is 0.401 e. The van der Waals surface area contributed by atoms with E-state index in [4.69, 9.17) is 0 Å². The molecule has 0 bridgehead atoms. The Morgan fingerprint density at radius 1 is 1.11 bits per heavy atom. The van der Waals surface area contributed by atoms with Gasteiger partial charge >= 0.3 is 6.18 Å². The molecule has 1 unspecified atom stereocenters. The molecule has 110 valence electrons. The van der Waals surface area contributed by atoms with Crippen LogP contribution in [-0.4, -0.2) is 41.8 Å². The van der Waals surface area contributed by atoms with Gasteiger partial charge in [-0.2, -0.15) is 13.2 Å². The Bertz CT molecular complexity index is 237. The number of hydrogen-bond donors (Lipinski definition) is 1. The summed E-state index contributed by atoms with van der Waals surface area (Å²) in [6.45, 7) is 11.3. The van der Waals surface area contributed by atoms with Gasteiger partial charge in [0.05, 0.1) is 6.54 Å². The molecule has 0 aliphatic carbocycles. The maximum Gasteiger partial charge on any atom is 0.401 e. The summed E-state index contributed by atoms with van der Waals surface area (Å²) in [5.41, 5.74) is -0.0326. The summed E-state index contributed by atoms with van der Waals surface area (Å²) in [6.07, 6.45) is -3.19. The number of nitrogens with one attached hydrogen (secondary N) is 1. The molecule has 0 aromatic rings. The van der Waals surface area contributed by atoms with Crippen molar-refractivity contribution >= 4 is 0 Å². The Labute approximate surface area is 109 Å². The summed E-state index contributed by atoms with van der Waals surface area (Å²) >= 11 is 0. The van der Waals surface area contributed by atoms with Crippen molar-refractivity contribution < 1.29 is 13.2 Å². The standard InChI is InChI=1S/C13H27F3N2/c1-7-12(5,6)17-8-11(4)18(10(2)3)9-13(14,15)16/h10-11,17H,7-9H2,1-6H3.